The molecule has 2 unspecified atom stereocenters. The molecule has 0 saturated carbocycles. The van der Waals surface area contributed by atoms with Crippen LogP contribution in [-0.2, 0) is 9.47 Å². The summed E-state index contributed by atoms with van der Waals surface area (Å²) < 4.78 is 11.0. The van der Waals surface area contributed by atoms with E-state index in [1.54, 1.807) is 0 Å². The van der Waals surface area contributed by atoms with E-state index in [0.29, 0.717) is 19.3 Å². The highest BCUT2D eigenvalue weighted by Crippen LogP contribution is 2.18. The monoisotopic (exact) mass is 249 g/mol. The molecule has 0 radical (unpaired) electrons. The van der Waals surface area contributed by atoms with Crippen molar-refractivity contribution in [2.24, 2.45) is 0 Å². The van der Waals surface area contributed by atoms with E-state index in [2.05, 4.69) is 44.3 Å². The Kier molecular flexibility index (Phi) is 4.75. The van der Waals surface area contributed by atoms with E-state index in [1.807, 2.05) is 0 Å². The van der Waals surface area contributed by atoms with Crippen molar-refractivity contribution < 1.29 is 9.47 Å². The summed E-state index contributed by atoms with van der Waals surface area (Å²) in [5.41, 5.74) is 4.01. The molecule has 1 N–H and O–H groups in total. The van der Waals surface area contributed by atoms with E-state index in [-0.39, 0.29) is 6.10 Å². The molecular formula is C15H23NO2. The smallest absolute Gasteiger partial charge is 0.0933 e. The van der Waals surface area contributed by atoms with Crippen LogP contribution < -0.4 is 5.32 Å². The second-order valence-corrected chi connectivity index (χ2v) is 5.06. The van der Waals surface area contributed by atoms with Gasteiger partial charge in [0.2, 0.25) is 0 Å². The van der Waals surface area contributed by atoms with Crippen molar-refractivity contribution in [1.82, 2.24) is 5.32 Å². The van der Waals surface area contributed by atoms with Crippen LogP contribution in [0.4, 0.5) is 0 Å². The molecular weight excluding hydrogens is 226 g/mol. The van der Waals surface area contributed by atoms with Crippen molar-refractivity contribution in [2.45, 2.75) is 32.9 Å². The third-order valence-electron chi connectivity index (χ3n) is 3.43. The van der Waals surface area contributed by atoms with Crippen LogP contribution in [0.25, 0.3) is 0 Å². The van der Waals surface area contributed by atoms with Gasteiger partial charge in [-0.3, -0.25) is 0 Å². The van der Waals surface area contributed by atoms with E-state index >= 15 is 0 Å². The largest absolute Gasteiger partial charge is 0.376 e. The van der Waals surface area contributed by atoms with E-state index in [9.17, 15) is 0 Å². The zero-order valence-corrected chi connectivity index (χ0v) is 11.5. The summed E-state index contributed by atoms with van der Waals surface area (Å²) in [5.74, 6) is 0. The predicted molar refractivity (Wildman–Crippen MR) is 72.9 cm³/mol. The van der Waals surface area contributed by atoms with Gasteiger partial charge in [-0.25, -0.2) is 0 Å². The van der Waals surface area contributed by atoms with Crippen LogP contribution in [0.1, 0.15) is 29.7 Å². The first-order chi connectivity index (χ1) is 8.66. The van der Waals surface area contributed by atoms with Crippen LogP contribution >= 0.6 is 0 Å². The van der Waals surface area contributed by atoms with E-state index in [1.165, 1.54) is 16.7 Å². The highest BCUT2D eigenvalue weighted by atomic mass is 16.6. The van der Waals surface area contributed by atoms with Gasteiger partial charge in [-0.15, -0.1) is 0 Å². The molecule has 1 fully saturated rings. The molecule has 0 spiro atoms. The summed E-state index contributed by atoms with van der Waals surface area (Å²) in [7, 11) is 0. The second kappa shape index (κ2) is 6.32. The lowest BCUT2D eigenvalue weighted by Gasteiger charge is -2.25. The van der Waals surface area contributed by atoms with Crippen molar-refractivity contribution in [3.8, 4) is 0 Å². The third kappa shape index (κ3) is 3.55. The molecule has 1 aromatic rings. The normalized spacial score (nSPS) is 21.8. The number of ether oxygens (including phenoxy) is 2. The minimum Gasteiger partial charge on any atom is -0.376 e. The van der Waals surface area contributed by atoms with Gasteiger partial charge < -0.3 is 14.8 Å². The Labute approximate surface area is 109 Å². The van der Waals surface area contributed by atoms with E-state index in [0.717, 1.165) is 13.2 Å². The van der Waals surface area contributed by atoms with Crippen LogP contribution in [-0.4, -0.2) is 32.5 Å². The summed E-state index contributed by atoms with van der Waals surface area (Å²) in [6, 6.07) is 6.95. The number of aryl methyl sites for hydroxylation is 2. The molecule has 1 saturated heterocycles. The molecule has 0 aliphatic carbocycles. The average Bonchev–Trinajstić information content (AvgIpc) is 2.37. The minimum atomic E-state index is 0.187. The maximum absolute atomic E-state index is 5.63. The van der Waals surface area contributed by atoms with Gasteiger partial charge in [-0.2, -0.15) is 0 Å². The Morgan fingerprint density at radius 1 is 1.33 bits per heavy atom. The minimum absolute atomic E-state index is 0.187. The van der Waals surface area contributed by atoms with Crippen molar-refractivity contribution in [3.05, 3.63) is 34.9 Å². The number of hydrogen-bond donors (Lipinski definition) is 1. The Balaban J connectivity index is 1.88. The molecule has 18 heavy (non-hydrogen) atoms. The molecule has 1 aromatic carbocycles. The van der Waals surface area contributed by atoms with Crippen LogP contribution in [0.5, 0.6) is 0 Å². The quantitative estimate of drug-likeness (QED) is 0.888. The lowest BCUT2D eigenvalue weighted by molar-refractivity contribution is -0.0869. The fourth-order valence-corrected chi connectivity index (χ4v) is 2.38. The van der Waals surface area contributed by atoms with Crippen LogP contribution in [0.15, 0.2) is 18.2 Å². The molecule has 1 aliphatic heterocycles. The fourth-order valence-electron chi connectivity index (χ4n) is 2.38. The van der Waals surface area contributed by atoms with Gasteiger partial charge in [0.05, 0.1) is 25.9 Å². The summed E-state index contributed by atoms with van der Waals surface area (Å²) in [6.07, 6.45) is 0.187. The SMILES string of the molecule is Cc1ccc(C(C)NCC2COCCO2)c(C)c1. The second-order valence-electron chi connectivity index (χ2n) is 5.06. The molecule has 1 heterocycles. The first-order valence-corrected chi connectivity index (χ1v) is 6.66. The van der Waals surface area contributed by atoms with Gasteiger partial charge in [-0.1, -0.05) is 23.8 Å². The standard InChI is InChI=1S/C15H23NO2/c1-11-4-5-15(12(2)8-11)13(3)16-9-14-10-17-6-7-18-14/h4-5,8,13-14,16H,6-7,9-10H2,1-3H3. The van der Waals surface area contributed by atoms with E-state index in [4.69, 9.17) is 9.47 Å². The molecule has 3 heteroatoms. The van der Waals surface area contributed by atoms with Crippen LogP contribution in [0, 0.1) is 13.8 Å². The van der Waals surface area contributed by atoms with Crippen molar-refractivity contribution in [2.75, 3.05) is 26.4 Å². The summed E-state index contributed by atoms with van der Waals surface area (Å²) >= 11 is 0. The van der Waals surface area contributed by atoms with Crippen molar-refractivity contribution >= 4 is 0 Å². The molecule has 1 aliphatic rings. The highest BCUT2D eigenvalue weighted by Gasteiger charge is 2.16. The van der Waals surface area contributed by atoms with Gasteiger partial charge in [0, 0.05) is 12.6 Å². The van der Waals surface area contributed by atoms with Crippen molar-refractivity contribution in [1.29, 1.82) is 0 Å². The number of hydrogen-bond acceptors (Lipinski definition) is 3. The maximum atomic E-state index is 5.63. The number of rotatable bonds is 4. The van der Waals surface area contributed by atoms with Crippen LogP contribution in [0.2, 0.25) is 0 Å². The molecule has 2 rings (SSSR count). The van der Waals surface area contributed by atoms with Gasteiger partial charge >= 0.3 is 0 Å². The van der Waals surface area contributed by atoms with E-state index < -0.39 is 0 Å². The van der Waals surface area contributed by atoms with Crippen molar-refractivity contribution in [3.63, 3.8) is 0 Å². The van der Waals surface area contributed by atoms with Crippen LogP contribution in [0.3, 0.4) is 0 Å². The molecule has 0 amide bonds. The van der Waals surface area contributed by atoms with Gasteiger partial charge in [0.1, 0.15) is 0 Å². The molecule has 100 valence electrons. The van der Waals surface area contributed by atoms with Gasteiger partial charge in [-0.05, 0) is 31.9 Å². The summed E-state index contributed by atoms with van der Waals surface area (Å²) in [6.45, 7) is 9.47. The topological polar surface area (TPSA) is 30.5 Å². The fraction of sp³-hybridized carbons (Fsp3) is 0.600. The first-order valence-electron chi connectivity index (χ1n) is 6.66. The predicted octanol–water partition coefficient (Wildman–Crippen LogP) is 2.37. The average molecular weight is 249 g/mol. The Morgan fingerprint density at radius 3 is 2.83 bits per heavy atom. The highest BCUT2D eigenvalue weighted by molar-refractivity contribution is 5.32. The maximum Gasteiger partial charge on any atom is 0.0933 e. The lowest BCUT2D eigenvalue weighted by atomic mass is 10.0. The zero-order valence-electron chi connectivity index (χ0n) is 11.5. The molecule has 0 bridgehead atoms. The molecule has 3 nitrogen and oxygen atoms in total. The summed E-state index contributed by atoms with van der Waals surface area (Å²) in [5, 5.41) is 3.52. The Bertz CT molecular complexity index is 386. The molecule has 2 atom stereocenters. The first kappa shape index (κ1) is 13.5. The van der Waals surface area contributed by atoms with Gasteiger partial charge in [0.15, 0.2) is 0 Å². The zero-order chi connectivity index (χ0) is 13.0. The summed E-state index contributed by atoms with van der Waals surface area (Å²) in [4.78, 5) is 0. The van der Waals surface area contributed by atoms with Gasteiger partial charge in [0.25, 0.3) is 0 Å². The number of benzene rings is 1. The lowest BCUT2D eigenvalue weighted by Crippen LogP contribution is -2.38. The molecule has 0 aromatic heterocycles. The Hall–Kier alpha value is -0.900. The Morgan fingerprint density at radius 2 is 2.17 bits per heavy atom. The number of nitrogens with one attached hydrogen (secondary N) is 1. The third-order valence-corrected chi connectivity index (χ3v) is 3.43.